The molecule has 198 valence electrons. The lowest BCUT2D eigenvalue weighted by atomic mass is 9.95. The third-order valence-corrected chi connectivity index (χ3v) is 7.38. The fourth-order valence-corrected chi connectivity index (χ4v) is 5.64. The zero-order valence-electron chi connectivity index (χ0n) is 21.4. The highest BCUT2D eigenvalue weighted by Gasteiger charge is 2.33. The molecule has 3 heterocycles. The van der Waals surface area contributed by atoms with Crippen molar-refractivity contribution in [1.82, 2.24) is 4.57 Å². The number of hydrogen-bond donors (Lipinski definition) is 0. The third kappa shape index (κ3) is 4.54. The molecular formula is C27H25ClN2O7S. The van der Waals surface area contributed by atoms with E-state index in [1.54, 1.807) is 43.3 Å². The highest BCUT2D eigenvalue weighted by Crippen LogP contribution is 2.38. The second-order valence-electron chi connectivity index (χ2n) is 8.88. The Kier molecular flexibility index (Phi) is 6.93. The number of esters is 1. The van der Waals surface area contributed by atoms with Crippen LogP contribution in [0.25, 0.3) is 6.08 Å². The van der Waals surface area contributed by atoms with Crippen molar-refractivity contribution in [2.75, 3.05) is 21.0 Å². The Balaban J connectivity index is 1.70. The summed E-state index contributed by atoms with van der Waals surface area (Å²) >= 11 is 7.66. The Morgan fingerprint density at radius 1 is 1.18 bits per heavy atom. The van der Waals surface area contributed by atoms with Crippen molar-refractivity contribution in [3.8, 4) is 23.0 Å². The first kappa shape index (κ1) is 25.9. The minimum atomic E-state index is -0.796. The number of fused-ring (bicyclic) bond motifs is 2. The SMILES string of the molecule is COC(=O)C1=C(C)N=c2sc(=Cc3cc4c(cc3Cl)OCO4)c(=O)n2C1c1ccc(OC(C)C)c(OC)c1. The van der Waals surface area contributed by atoms with Gasteiger partial charge in [0.25, 0.3) is 5.56 Å². The largest absolute Gasteiger partial charge is 0.493 e. The molecule has 1 unspecified atom stereocenters. The molecule has 0 aliphatic carbocycles. The number of allylic oxidation sites excluding steroid dienone is 1. The molecule has 0 radical (unpaired) electrons. The number of rotatable bonds is 6. The van der Waals surface area contributed by atoms with Gasteiger partial charge in [-0.05, 0) is 56.2 Å². The van der Waals surface area contributed by atoms with Crippen molar-refractivity contribution in [2.45, 2.75) is 32.9 Å². The Labute approximate surface area is 227 Å². The monoisotopic (exact) mass is 556 g/mol. The number of benzene rings is 2. The molecule has 0 fully saturated rings. The molecule has 5 rings (SSSR count). The van der Waals surface area contributed by atoms with Crippen LogP contribution in [-0.4, -0.2) is 37.7 Å². The second kappa shape index (κ2) is 10.2. The van der Waals surface area contributed by atoms with Crippen LogP contribution in [0.5, 0.6) is 23.0 Å². The molecule has 2 aliphatic heterocycles. The number of thiazole rings is 1. The summed E-state index contributed by atoms with van der Waals surface area (Å²) in [7, 11) is 2.84. The van der Waals surface area contributed by atoms with Crippen LogP contribution in [0.4, 0.5) is 0 Å². The van der Waals surface area contributed by atoms with Gasteiger partial charge in [0.05, 0.1) is 47.2 Å². The van der Waals surface area contributed by atoms with E-state index in [0.29, 0.717) is 54.2 Å². The van der Waals surface area contributed by atoms with Gasteiger partial charge in [0.1, 0.15) is 0 Å². The summed E-state index contributed by atoms with van der Waals surface area (Å²) in [6.07, 6.45) is 1.62. The first-order chi connectivity index (χ1) is 18.2. The van der Waals surface area contributed by atoms with Crippen LogP contribution in [0, 0.1) is 0 Å². The number of nitrogens with zero attached hydrogens (tertiary/aromatic N) is 2. The maximum absolute atomic E-state index is 13.8. The van der Waals surface area contributed by atoms with Gasteiger partial charge in [-0.1, -0.05) is 29.0 Å². The Hall–Kier alpha value is -3.76. The minimum absolute atomic E-state index is 0.0665. The molecule has 2 aromatic carbocycles. The summed E-state index contributed by atoms with van der Waals surface area (Å²) in [6.45, 7) is 5.66. The fourth-order valence-electron chi connectivity index (χ4n) is 4.40. The average Bonchev–Trinajstić information content (AvgIpc) is 3.46. The molecule has 0 N–H and O–H groups in total. The van der Waals surface area contributed by atoms with Gasteiger partial charge in [-0.15, -0.1) is 0 Å². The zero-order valence-corrected chi connectivity index (χ0v) is 22.9. The smallest absolute Gasteiger partial charge is 0.338 e. The molecule has 1 atom stereocenters. The van der Waals surface area contributed by atoms with Crippen molar-refractivity contribution in [3.63, 3.8) is 0 Å². The summed E-state index contributed by atoms with van der Waals surface area (Å²) in [4.78, 5) is 31.8. The molecule has 0 spiro atoms. The van der Waals surface area contributed by atoms with E-state index in [4.69, 9.17) is 35.3 Å². The van der Waals surface area contributed by atoms with E-state index < -0.39 is 12.0 Å². The Morgan fingerprint density at radius 2 is 1.92 bits per heavy atom. The van der Waals surface area contributed by atoms with Crippen molar-refractivity contribution in [2.24, 2.45) is 4.99 Å². The number of aromatic nitrogens is 1. The third-order valence-electron chi connectivity index (χ3n) is 6.07. The quantitative estimate of drug-likeness (QED) is 0.428. The lowest BCUT2D eigenvalue weighted by Gasteiger charge is -2.25. The van der Waals surface area contributed by atoms with Crippen LogP contribution < -0.4 is 33.8 Å². The summed E-state index contributed by atoms with van der Waals surface area (Å²) in [5.74, 6) is 1.54. The van der Waals surface area contributed by atoms with Crippen LogP contribution in [0.1, 0.15) is 37.9 Å². The van der Waals surface area contributed by atoms with Gasteiger partial charge in [-0.25, -0.2) is 9.79 Å². The van der Waals surface area contributed by atoms with Crippen molar-refractivity contribution >= 4 is 35.0 Å². The van der Waals surface area contributed by atoms with E-state index in [0.717, 1.165) is 0 Å². The lowest BCUT2D eigenvalue weighted by molar-refractivity contribution is -0.136. The molecule has 9 nitrogen and oxygen atoms in total. The van der Waals surface area contributed by atoms with E-state index in [-0.39, 0.29) is 24.0 Å². The summed E-state index contributed by atoms with van der Waals surface area (Å²) in [5.41, 5.74) is 1.62. The number of methoxy groups -OCH3 is 2. The van der Waals surface area contributed by atoms with Crippen LogP contribution in [0.2, 0.25) is 5.02 Å². The summed E-state index contributed by atoms with van der Waals surface area (Å²) in [6, 6.07) is 7.91. The topological polar surface area (TPSA) is 97.6 Å². The predicted octanol–water partition coefficient (Wildman–Crippen LogP) is 3.59. The number of carbonyl (C=O) groups is 1. The molecule has 0 amide bonds. The van der Waals surface area contributed by atoms with Gasteiger partial charge in [0.15, 0.2) is 27.8 Å². The van der Waals surface area contributed by atoms with Gasteiger partial charge in [-0.2, -0.15) is 0 Å². The van der Waals surface area contributed by atoms with Crippen LogP contribution in [0.15, 0.2) is 51.4 Å². The van der Waals surface area contributed by atoms with E-state index in [1.165, 1.54) is 30.1 Å². The maximum Gasteiger partial charge on any atom is 0.338 e. The molecule has 2 aliphatic rings. The molecule has 3 aromatic rings. The van der Waals surface area contributed by atoms with Crippen molar-refractivity contribution < 1.29 is 28.5 Å². The zero-order chi connectivity index (χ0) is 27.1. The highest BCUT2D eigenvalue weighted by molar-refractivity contribution is 7.07. The van der Waals surface area contributed by atoms with Crippen molar-refractivity contribution in [3.05, 3.63) is 77.4 Å². The van der Waals surface area contributed by atoms with Crippen LogP contribution in [0.3, 0.4) is 0 Å². The molecule has 0 bridgehead atoms. The average molecular weight is 557 g/mol. The first-order valence-electron chi connectivity index (χ1n) is 11.8. The molecule has 11 heteroatoms. The molecule has 0 saturated carbocycles. The minimum Gasteiger partial charge on any atom is -0.493 e. The molecular weight excluding hydrogens is 532 g/mol. The van der Waals surface area contributed by atoms with Crippen molar-refractivity contribution in [1.29, 1.82) is 0 Å². The van der Waals surface area contributed by atoms with Gasteiger partial charge in [-0.3, -0.25) is 9.36 Å². The second-order valence-corrected chi connectivity index (χ2v) is 10.3. The van der Waals surface area contributed by atoms with Gasteiger partial charge in [0.2, 0.25) is 6.79 Å². The van der Waals surface area contributed by atoms with Gasteiger partial charge >= 0.3 is 5.97 Å². The fraction of sp³-hybridized carbons (Fsp3) is 0.296. The summed E-state index contributed by atoms with van der Waals surface area (Å²) < 4.78 is 29.2. The van der Waals surface area contributed by atoms with E-state index in [1.807, 2.05) is 13.8 Å². The molecule has 0 saturated heterocycles. The highest BCUT2D eigenvalue weighted by atomic mass is 35.5. The Bertz CT molecular complexity index is 1650. The van der Waals surface area contributed by atoms with Crippen LogP contribution >= 0.6 is 22.9 Å². The van der Waals surface area contributed by atoms with E-state index in [9.17, 15) is 9.59 Å². The van der Waals surface area contributed by atoms with E-state index >= 15 is 0 Å². The molecule has 1 aromatic heterocycles. The first-order valence-corrected chi connectivity index (χ1v) is 13.0. The number of carbonyl (C=O) groups excluding carboxylic acids is 1. The number of halogens is 1. The summed E-state index contributed by atoms with van der Waals surface area (Å²) in [5, 5.41) is 0.411. The van der Waals surface area contributed by atoms with E-state index in [2.05, 4.69) is 4.99 Å². The lowest BCUT2D eigenvalue weighted by Crippen LogP contribution is -2.39. The maximum atomic E-state index is 13.8. The molecule has 38 heavy (non-hydrogen) atoms. The van der Waals surface area contributed by atoms with Gasteiger partial charge < -0.3 is 23.7 Å². The van der Waals surface area contributed by atoms with Crippen LogP contribution in [-0.2, 0) is 9.53 Å². The Morgan fingerprint density at radius 3 is 2.61 bits per heavy atom. The normalized spacial score (nSPS) is 16.4. The number of ether oxygens (including phenoxy) is 5. The predicted molar refractivity (Wildman–Crippen MR) is 142 cm³/mol. The van der Waals surface area contributed by atoms with Gasteiger partial charge in [0, 0.05) is 6.07 Å². The standard InChI is InChI=1S/C27H25ClN2O7S/c1-13(2)37-18-7-6-15(8-19(18)33-4)24-23(26(32)34-5)14(3)29-27-30(24)25(31)22(38-27)10-16-9-20-21(11-17(16)28)36-12-35-20/h6-11,13,24H,12H2,1-5H3. The number of hydrogen-bond acceptors (Lipinski definition) is 9.